The summed E-state index contributed by atoms with van der Waals surface area (Å²) in [5, 5.41) is 6.30. The van der Waals surface area contributed by atoms with Gasteiger partial charge in [0.05, 0.1) is 22.8 Å². The molecule has 4 nitrogen and oxygen atoms in total. The predicted octanol–water partition coefficient (Wildman–Crippen LogP) is 4.13. The Balaban J connectivity index is 2.03. The number of amides is 1. The molecule has 7 heteroatoms. The zero-order valence-corrected chi connectivity index (χ0v) is 13.9. The first-order valence-electron chi connectivity index (χ1n) is 6.21. The van der Waals surface area contributed by atoms with Gasteiger partial charge in [-0.25, -0.2) is 0 Å². The lowest BCUT2D eigenvalue weighted by Crippen LogP contribution is -2.34. The van der Waals surface area contributed by atoms with E-state index in [4.69, 9.17) is 40.2 Å². The smallest absolute Gasteiger partial charge is 0.257 e. The normalized spacial score (nSPS) is 9.95. The number of benzene rings is 2. The molecule has 2 N–H and O–H groups in total. The number of carbonyl (C=O) groups excluding carboxylic acids is 1. The maximum atomic E-state index is 12.1. The maximum Gasteiger partial charge on any atom is 0.257 e. The number of thiocarbonyl (C=S) groups is 1. The lowest BCUT2D eigenvalue weighted by molar-refractivity contribution is 0.0977. The monoisotopic (exact) mass is 354 g/mol. The second-order valence-corrected chi connectivity index (χ2v) is 5.46. The van der Waals surface area contributed by atoms with Crippen molar-refractivity contribution in [2.24, 2.45) is 0 Å². The lowest BCUT2D eigenvalue weighted by atomic mass is 10.2. The number of nitrogens with one attached hydrogen (secondary N) is 2. The van der Waals surface area contributed by atoms with Crippen LogP contribution in [0.1, 0.15) is 10.4 Å². The molecule has 0 radical (unpaired) electrons. The van der Waals surface area contributed by atoms with Crippen molar-refractivity contribution in [2.45, 2.75) is 0 Å². The number of halogens is 2. The summed E-state index contributed by atoms with van der Waals surface area (Å²) in [5.74, 6) is 0.323. The number of ether oxygens (including phenoxy) is 1. The molecule has 0 fully saturated rings. The molecule has 0 atom stereocenters. The van der Waals surface area contributed by atoms with Crippen LogP contribution >= 0.6 is 35.4 Å². The van der Waals surface area contributed by atoms with Gasteiger partial charge in [0.25, 0.3) is 5.91 Å². The van der Waals surface area contributed by atoms with E-state index in [-0.39, 0.29) is 11.0 Å². The molecule has 114 valence electrons. The van der Waals surface area contributed by atoms with Gasteiger partial charge < -0.3 is 10.1 Å². The summed E-state index contributed by atoms with van der Waals surface area (Å²) in [6, 6.07) is 11.7. The molecule has 2 aromatic carbocycles. The zero-order valence-electron chi connectivity index (χ0n) is 11.5. The van der Waals surface area contributed by atoms with E-state index in [0.717, 1.165) is 0 Å². The number of carbonyl (C=O) groups is 1. The van der Waals surface area contributed by atoms with Gasteiger partial charge >= 0.3 is 0 Å². The van der Waals surface area contributed by atoms with Gasteiger partial charge in [-0.3, -0.25) is 10.1 Å². The zero-order chi connectivity index (χ0) is 16.1. The van der Waals surface area contributed by atoms with Gasteiger partial charge in [-0.2, -0.15) is 0 Å². The fourth-order valence-electron chi connectivity index (χ4n) is 1.68. The van der Waals surface area contributed by atoms with Crippen molar-refractivity contribution in [3.8, 4) is 5.75 Å². The first-order chi connectivity index (χ1) is 10.5. The fraction of sp³-hybridized carbons (Fsp3) is 0.0667. The Morgan fingerprint density at radius 1 is 1.09 bits per heavy atom. The van der Waals surface area contributed by atoms with E-state index in [1.165, 1.54) is 0 Å². The molecule has 2 aromatic rings. The number of anilines is 1. The Hall–Kier alpha value is -1.82. The lowest BCUT2D eigenvalue weighted by Gasteiger charge is -2.12. The Labute approximate surface area is 143 Å². The summed E-state index contributed by atoms with van der Waals surface area (Å²) in [6.45, 7) is 0. The standard InChI is InChI=1S/C15H12Cl2N2O2S/c1-21-10-7-5-9(6-8-10)14(20)19-15(22)18-13-11(16)3-2-4-12(13)17/h2-8H,1H3,(H2,18,19,20,22). The van der Waals surface area contributed by atoms with Gasteiger partial charge in [-0.15, -0.1) is 0 Å². The highest BCUT2D eigenvalue weighted by molar-refractivity contribution is 7.80. The molecular weight excluding hydrogens is 343 g/mol. The maximum absolute atomic E-state index is 12.1. The highest BCUT2D eigenvalue weighted by Crippen LogP contribution is 2.29. The molecule has 0 saturated carbocycles. The Bertz CT molecular complexity index is 685. The van der Waals surface area contributed by atoms with Crippen LogP contribution in [-0.2, 0) is 0 Å². The molecule has 0 bridgehead atoms. The molecule has 0 aliphatic rings. The first kappa shape index (κ1) is 16.5. The van der Waals surface area contributed by atoms with E-state index in [9.17, 15) is 4.79 Å². The number of hydrogen-bond acceptors (Lipinski definition) is 3. The SMILES string of the molecule is COc1ccc(C(=O)NC(=S)Nc2c(Cl)cccc2Cl)cc1. The number of hydrogen-bond donors (Lipinski definition) is 2. The summed E-state index contributed by atoms with van der Waals surface area (Å²) in [5.41, 5.74) is 0.904. The third kappa shape index (κ3) is 4.10. The largest absolute Gasteiger partial charge is 0.497 e. The van der Waals surface area contributed by atoms with Crippen molar-refractivity contribution in [1.82, 2.24) is 5.32 Å². The first-order valence-corrected chi connectivity index (χ1v) is 7.38. The summed E-state index contributed by atoms with van der Waals surface area (Å²) in [4.78, 5) is 12.1. The van der Waals surface area contributed by atoms with Crippen molar-refractivity contribution in [3.63, 3.8) is 0 Å². The summed E-state index contributed by atoms with van der Waals surface area (Å²) in [7, 11) is 1.56. The molecule has 2 rings (SSSR count). The van der Waals surface area contributed by atoms with Crippen molar-refractivity contribution >= 4 is 52.1 Å². The van der Waals surface area contributed by atoms with Crippen LogP contribution in [0.5, 0.6) is 5.75 Å². The Kier molecular flexibility index (Phi) is 5.60. The van der Waals surface area contributed by atoms with E-state index < -0.39 is 0 Å². The minimum Gasteiger partial charge on any atom is -0.497 e. The Morgan fingerprint density at radius 2 is 1.68 bits per heavy atom. The molecule has 0 unspecified atom stereocenters. The molecule has 0 aromatic heterocycles. The van der Waals surface area contributed by atoms with Crippen LogP contribution in [-0.4, -0.2) is 18.1 Å². The van der Waals surface area contributed by atoms with E-state index in [1.807, 2.05) is 0 Å². The van der Waals surface area contributed by atoms with Crippen LogP contribution < -0.4 is 15.4 Å². The van der Waals surface area contributed by atoms with Crippen LogP contribution in [0, 0.1) is 0 Å². The second kappa shape index (κ2) is 7.45. The van der Waals surface area contributed by atoms with Crippen LogP contribution in [0.3, 0.4) is 0 Å². The van der Waals surface area contributed by atoms with Gasteiger partial charge in [0.1, 0.15) is 5.75 Å². The highest BCUT2D eigenvalue weighted by atomic mass is 35.5. The van der Waals surface area contributed by atoms with E-state index in [2.05, 4.69) is 10.6 Å². The molecular formula is C15H12Cl2N2O2S. The third-order valence-corrected chi connectivity index (χ3v) is 3.61. The minimum absolute atomic E-state index is 0.107. The number of para-hydroxylation sites is 1. The van der Waals surface area contributed by atoms with Crippen LogP contribution in [0.25, 0.3) is 0 Å². The predicted molar refractivity (Wildman–Crippen MR) is 93.1 cm³/mol. The quantitative estimate of drug-likeness (QED) is 0.813. The number of rotatable bonds is 3. The van der Waals surface area contributed by atoms with Crippen molar-refractivity contribution < 1.29 is 9.53 Å². The van der Waals surface area contributed by atoms with Gasteiger partial charge in [-0.1, -0.05) is 29.3 Å². The molecule has 0 spiro atoms. The summed E-state index contributed by atoms with van der Waals surface area (Å²) >= 11 is 17.1. The van der Waals surface area contributed by atoms with Crippen molar-refractivity contribution in [3.05, 3.63) is 58.1 Å². The third-order valence-electron chi connectivity index (χ3n) is 2.78. The Morgan fingerprint density at radius 3 is 2.23 bits per heavy atom. The molecule has 0 heterocycles. The van der Waals surface area contributed by atoms with Crippen molar-refractivity contribution in [1.29, 1.82) is 0 Å². The fourth-order valence-corrected chi connectivity index (χ4v) is 2.37. The van der Waals surface area contributed by atoms with Crippen LogP contribution in [0.2, 0.25) is 10.0 Å². The summed E-state index contributed by atoms with van der Waals surface area (Å²) in [6.07, 6.45) is 0. The van der Waals surface area contributed by atoms with Crippen LogP contribution in [0.15, 0.2) is 42.5 Å². The van der Waals surface area contributed by atoms with Crippen molar-refractivity contribution in [2.75, 3.05) is 12.4 Å². The number of methoxy groups -OCH3 is 1. The molecule has 0 aliphatic carbocycles. The van der Waals surface area contributed by atoms with Gasteiger partial charge in [0.2, 0.25) is 0 Å². The van der Waals surface area contributed by atoms with E-state index in [1.54, 1.807) is 49.6 Å². The minimum atomic E-state index is -0.344. The van der Waals surface area contributed by atoms with E-state index in [0.29, 0.717) is 27.0 Å². The molecule has 0 saturated heterocycles. The average molecular weight is 355 g/mol. The molecule has 1 amide bonds. The summed E-state index contributed by atoms with van der Waals surface area (Å²) < 4.78 is 5.04. The topological polar surface area (TPSA) is 50.4 Å². The van der Waals surface area contributed by atoms with Gasteiger partial charge in [-0.05, 0) is 48.6 Å². The van der Waals surface area contributed by atoms with Gasteiger partial charge in [0, 0.05) is 5.56 Å². The van der Waals surface area contributed by atoms with Gasteiger partial charge in [0.15, 0.2) is 5.11 Å². The second-order valence-electron chi connectivity index (χ2n) is 4.23. The van der Waals surface area contributed by atoms with Crippen LogP contribution in [0.4, 0.5) is 5.69 Å². The van der Waals surface area contributed by atoms with E-state index >= 15 is 0 Å². The average Bonchev–Trinajstić information content (AvgIpc) is 2.51. The molecule has 0 aliphatic heterocycles. The molecule has 22 heavy (non-hydrogen) atoms. The highest BCUT2D eigenvalue weighted by Gasteiger charge is 2.11.